The Morgan fingerprint density at radius 1 is 1.26 bits per heavy atom. The van der Waals surface area contributed by atoms with Gasteiger partial charge in [-0.05, 0) is 43.2 Å². The minimum Gasteiger partial charge on any atom is -0.325 e. The van der Waals surface area contributed by atoms with Gasteiger partial charge in [0.05, 0.1) is 17.4 Å². The van der Waals surface area contributed by atoms with Crippen LogP contribution < -0.4 is 21.1 Å². The van der Waals surface area contributed by atoms with Crippen LogP contribution in [0, 0.1) is 31.4 Å². The number of nitrogens with zero attached hydrogens (tertiary/aromatic N) is 2. The van der Waals surface area contributed by atoms with Crippen LogP contribution in [0.15, 0.2) is 41.4 Å². The molecule has 162 valence electrons. The van der Waals surface area contributed by atoms with E-state index in [-0.39, 0.29) is 28.4 Å². The van der Waals surface area contributed by atoms with Crippen LogP contribution in [0.25, 0.3) is 0 Å². The standard InChI is InChI=1S/C21H21F2N5O2S/c1-11-4-3-5-17(12(11)2)25-18(29)10-31-21-26-19-14(9-24-27-19)20(30)28(21)13-6-7-15(22)16(23)8-13/h3-8,14,19,24,27H,9-10H2,1-2H3,(H,25,29). The second-order valence-electron chi connectivity index (χ2n) is 7.34. The van der Waals surface area contributed by atoms with Crippen LogP contribution >= 0.6 is 11.8 Å². The third-order valence-corrected chi connectivity index (χ3v) is 6.26. The van der Waals surface area contributed by atoms with E-state index in [1.807, 2.05) is 32.0 Å². The maximum Gasteiger partial charge on any atom is 0.241 e. The predicted octanol–water partition coefficient (Wildman–Crippen LogP) is 2.71. The van der Waals surface area contributed by atoms with E-state index in [0.717, 1.165) is 35.0 Å². The molecule has 2 aromatic rings. The van der Waals surface area contributed by atoms with Crippen molar-refractivity contribution in [3.05, 3.63) is 59.2 Å². The van der Waals surface area contributed by atoms with E-state index in [1.165, 1.54) is 11.0 Å². The van der Waals surface area contributed by atoms with E-state index in [1.54, 1.807) is 0 Å². The number of carbonyl (C=O) groups is 2. The number of hydrazine groups is 1. The highest BCUT2D eigenvalue weighted by atomic mass is 32.2. The molecule has 1 fully saturated rings. The van der Waals surface area contributed by atoms with E-state index in [2.05, 4.69) is 21.2 Å². The molecule has 31 heavy (non-hydrogen) atoms. The van der Waals surface area contributed by atoms with Gasteiger partial charge in [0.1, 0.15) is 6.17 Å². The predicted molar refractivity (Wildman–Crippen MR) is 117 cm³/mol. The van der Waals surface area contributed by atoms with E-state index >= 15 is 0 Å². The number of benzene rings is 2. The van der Waals surface area contributed by atoms with Crippen molar-refractivity contribution < 1.29 is 18.4 Å². The number of nitrogens with one attached hydrogen (secondary N) is 3. The van der Waals surface area contributed by atoms with E-state index < -0.39 is 23.7 Å². The zero-order valence-corrected chi connectivity index (χ0v) is 17.7. The summed E-state index contributed by atoms with van der Waals surface area (Å²) in [4.78, 5) is 31.4. The Morgan fingerprint density at radius 3 is 2.84 bits per heavy atom. The Labute approximate surface area is 182 Å². The van der Waals surface area contributed by atoms with Gasteiger partial charge in [-0.25, -0.2) is 19.2 Å². The number of carbonyl (C=O) groups excluding carboxylic acids is 2. The van der Waals surface area contributed by atoms with Gasteiger partial charge in [0.15, 0.2) is 16.8 Å². The first-order chi connectivity index (χ1) is 14.8. The molecule has 2 amide bonds. The molecule has 0 bridgehead atoms. The summed E-state index contributed by atoms with van der Waals surface area (Å²) in [6, 6.07) is 8.87. The zero-order valence-electron chi connectivity index (χ0n) is 16.9. The molecule has 0 saturated carbocycles. The molecule has 3 N–H and O–H groups in total. The SMILES string of the molecule is Cc1cccc(NC(=O)CSC2=NC3NNCC3C(=O)N2c2ccc(F)c(F)c2)c1C. The van der Waals surface area contributed by atoms with Crippen molar-refractivity contribution in [1.29, 1.82) is 0 Å². The average molecular weight is 445 g/mol. The maximum absolute atomic E-state index is 13.8. The number of aliphatic imine (C=N–C) groups is 1. The molecular weight excluding hydrogens is 424 g/mol. The highest BCUT2D eigenvalue weighted by molar-refractivity contribution is 8.14. The van der Waals surface area contributed by atoms with Crippen molar-refractivity contribution in [3.8, 4) is 0 Å². The van der Waals surface area contributed by atoms with Crippen LogP contribution in [0.5, 0.6) is 0 Å². The second-order valence-corrected chi connectivity index (χ2v) is 8.29. The van der Waals surface area contributed by atoms with E-state index in [4.69, 9.17) is 0 Å². The lowest BCUT2D eigenvalue weighted by molar-refractivity contribution is -0.121. The summed E-state index contributed by atoms with van der Waals surface area (Å²) >= 11 is 1.06. The Hall–Kier alpha value is -2.82. The first-order valence-corrected chi connectivity index (χ1v) is 10.7. The molecule has 10 heteroatoms. The molecule has 2 aliphatic heterocycles. The van der Waals surface area contributed by atoms with Gasteiger partial charge in [0.2, 0.25) is 11.8 Å². The van der Waals surface area contributed by atoms with Crippen LogP contribution in [0.4, 0.5) is 20.2 Å². The number of hydrogen-bond donors (Lipinski definition) is 3. The molecule has 2 heterocycles. The van der Waals surface area contributed by atoms with Gasteiger partial charge in [-0.3, -0.25) is 19.9 Å². The lowest BCUT2D eigenvalue weighted by Gasteiger charge is -2.32. The van der Waals surface area contributed by atoms with Crippen LogP contribution in [0.2, 0.25) is 0 Å². The van der Waals surface area contributed by atoms with Gasteiger partial charge in [0, 0.05) is 18.3 Å². The molecule has 0 aromatic heterocycles. The van der Waals surface area contributed by atoms with Crippen molar-refractivity contribution in [1.82, 2.24) is 10.9 Å². The molecular formula is C21H21F2N5O2S. The molecule has 0 spiro atoms. The summed E-state index contributed by atoms with van der Waals surface area (Å²) in [5.41, 5.74) is 8.72. The van der Waals surface area contributed by atoms with Gasteiger partial charge in [-0.15, -0.1) is 0 Å². The fraction of sp³-hybridized carbons (Fsp3) is 0.286. The number of amides is 2. The minimum atomic E-state index is -1.06. The number of halogens is 2. The highest BCUT2D eigenvalue weighted by Crippen LogP contribution is 2.30. The van der Waals surface area contributed by atoms with Gasteiger partial charge in [-0.2, -0.15) is 0 Å². The number of amidine groups is 1. The summed E-state index contributed by atoms with van der Waals surface area (Å²) < 4.78 is 27.2. The Bertz CT molecular complexity index is 1080. The third-order valence-electron chi connectivity index (χ3n) is 5.30. The largest absolute Gasteiger partial charge is 0.325 e. The molecule has 2 aromatic carbocycles. The summed E-state index contributed by atoms with van der Waals surface area (Å²) in [5.74, 6) is -3.13. The number of rotatable bonds is 4. The normalized spacial score (nSPS) is 20.5. The minimum absolute atomic E-state index is 0.00944. The summed E-state index contributed by atoms with van der Waals surface area (Å²) in [7, 11) is 0. The Morgan fingerprint density at radius 2 is 2.06 bits per heavy atom. The number of anilines is 2. The molecule has 2 unspecified atom stereocenters. The van der Waals surface area contributed by atoms with E-state index in [0.29, 0.717) is 12.2 Å². The van der Waals surface area contributed by atoms with Crippen molar-refractivity contribution in [2.24, 2.45) is 10.9 Å². The highest BCUT2D eigenvalue weighted by Gasteiger charge is 2.42. The first kappa shape index (κ1) is 21.4. The first-order valence-electron chi connectivity index (χ1n) is 9.69. The quantitative estimate of drug-likeness (QED) is 0.674. The second kappa shape index (κ2) is 8.74. The van der Waals surface area contributed by atoms with Crippen molar-refractivity contribution in [2.75, 3.05) is 22.5 Å². The van der Waals surface area contributed by atoms with Crippen molar-refractivity contribution in [3.63, 3.8) is 0 Å². The molecule has 1 saturated heterocycles. The van der Waals surface area contributed by atoms with Crippen LogP contribution in [0.3, 0.4) is 0 Å². The molecule has 4 rings (SSSR count). The molecule has 2 aliphatic rings. The number of aryl methyl sites for hydroxylation is 1. The average Bonchev–Trinajstić information content (AvgIpc) is 3.21. The van der Waals surface area contributed by atoms with Crippen molar-refractivity contribution >= 4 is 40.1 Å². The van der Waals surface area contributed by atoms with Crippen molar-refractivity contribution in [2.45, 2.75) is 20.0 Å². The Balaban J connectivity index is 1.55. The lowest BCUT2D eigenvalue weighted by Crippen LogP contribution is -2.49. The van der Waals surface area contributed by atoms with Gasteiger partial charge in [-0.1, -0.05) is 23.9 Å². The number of hydrogen-bond acceptors (Lipinski definition) is 6. The summed E-state index contributed by atoms with van der Waals surface area (Å²) in [6.45, 7) is 4.24. The fourth-order valence-corrected chi connectivity index (χ4v) is 4.28. The Kier molecular flexibility index (Phi) is 6.03. The summed E-state index contributed by atoms with van der Waals surface area (Å²) in [6.07, 6.45) is -0.487. The number of fused-ring (bicyclic) bond motifs is 1. The topological polar surface area (TPSA) is 85.8 Å². The zero-order chi connectivity index (χ0) is 22.1. The van der Waals surface area contributed by atoms with E-state index in [9.17, 15) is 18.4 Å². The maximum atomic E-state index is 13.8. The lowest BCUT2D eigenvalue weighted by atomic mass is 10.0. The summed E-state index contributed by atoms with van der Waals surface area (Å²) in [5, 5.41) is 3.10. The molecule has 0 radical (unpaired) electrons. The van der Waals surface area contributed by atoms with Crippen LogP contribution in [-0.2, 0) is 9.59 Å². The molecule has 7 nitrogen and oxygen atoms in total. The molecule has 0 aliphatic carbocycles. The van der Waals surface area contributed by atoms with Crippen LogP contribution in [0.1, 0.15) is 11.1 Å². The number of thioether (sulfide) groups is 1. The third kappa shape index (κ3) is 4.32. The monoisotopic (exact) mass is 445 g/mol. The van der Waals surface area contributed by atoms with Crippen LogP contribution in [-0.4, -0.2) is 35.4 Å². The molecule has 2 atom stereocenters. The fourth-order valence-electron chi connectivity index (χ4n) is 3.43. The van der Waals surface area contributed by atoms with Gasteiger partial charge < -0.3 is 5.32 Å². The van der Waals surface area contributed by atoms with Gasteiger partial charge in [0.25, 0.3) is 0 Å². The van der Waals surface area contributed by atoms with Gasteiger partial charge >= 0.3 is 0 Å². The smallest absolute Gasteiger partial charge is 0.241 e.